The maximum absolute atomic E-state index is 13.1. The lowest BCUT2D eigenvalue weighted by Crippen LogP contribution is -2.51. The Morgan fingerprint density at radius 1 is 1.06 bits per heavy atom. The van der Waals surface area contributed by atoms with Crippen LogP contribution in [0.5, 0.6) is 5.75 Å². The van der Waals surface area contributed by atoms with Crippen LogP contribution in [0.2, 0.25) is 0 Å². The summed E-state index contributed by atoms with van der Waals surface area (Å²) in [5.41, 5.74) is 3.38. The molecule has 1 amide bonds. The lowest BCUT2D eigenvalue weighted by molar-refractivity contribution is -0.138. The molecule has 174 valence electrons. The summed E-state index contributed by atoms with van der Waals surface area (Å²) in [5, 5.41) is 3.34. The second-order valence-electron chi connectivity index (χ2n) is 9.10. The Labute approximate surface area is 195 Å². The molecule has 0 unspecified atom stereocenters. The van der Waals surface area contributed by atoms with E-state index >= 15 is 0 Å². The summed E-state index contributed by atoms with van der Waals surface area (Å²) in [4.78, 5) is 22.5. The van der Waals surface area contributed by atoms with E-state index in [1.807, 2.05) is 23.1 Å². The number of methoxy groups -OCH3 is 1. The highest BCUT2D eigenvalue weighted by Crippen LogP contribution is 2.24. The van der Waals surface area contributed by atoms with E-state index in [0.29, 0.717) is 5.91 Å². The van der Waals surface area contributed by atoms with Gasteiger partial charge in [0.25, 0.3) is 0 Å². The molecule has 0 aliphatic carbocycles. The van der Waals surface area contributed by atoms with Gasteiger partial charge in [-0.15, -0.1) is 0 Å². The second-order valence-corrected chi connectivity index (χ2v) is 9.10. The number of nitrogens with zero attached hydrogens (tertiary/aromatic N) is 4. The molecular weight excluding hydrogens is 414 g/mol. The number of hydrogen-bond acceptors (Lipinski definition) is 5. The Morgan fingerprint density at radius 3 is 2.64 bits per heavy atom. The summed E-state index contributed by atoms with van der Waals surface area (Å²) in [7, 11) is 1.69. The molecule has 0 spiro atoms. The minimum atomic E-state index is 0.0938. The SMILES string of the molecule is COc1ccc(Cn2c(CN3CCC[C@H](C(=O)N4CCNCC4)C3)nc3ccccc32)cc1. The van der Waals surface area contributed by atoms with Crippen molar-refractivity contribution in [1.29, 1.82) is 0 Å². The molecule has 33 heavy (non-hydrogen) atoms. The number of imidazole rings is 1. The number of rotatable bonds is 6. The fraction of sp³-hybridized carbons (Fsp3) is 0.462. The molecule has 0 radical (unpaired) electrons. The van der Waals surface area contributed by atoms with Gasteiger partial charge in [-0.3, -0.25) is 9.69 Å². The number of carbonyl (C=O) groups excluding carboxylic acids is 1. The first-order valence-electron chi connectivity index (χ1n) is 12.0. The van der Waals surface area contributed by atoms with Crippen molar-refractivity contribution in [2.45, 2.75) is 25.9 Å². The quantitative estimate of drug-likeness (QED) is 0.630. The molecule has 3 aromatic rings. The van der Waals surface area contributed by atoms with E-state index in [1.165, 1.54) is 5.56 Å². The van der Waals surface area contributed by atoms with Gasteiger partial charge < -0.3 is 19.5 Å². The normalized spacial score (nSPS) is 19.7. The van der Waals surface area contributed by atoms with Gasteiger partial charge in [-0.2, -0.15) is 0 Å². The number of fused-ring (bicyclic) bond motifs is 1. The molecule has 7 nitrogen and oxygen atoms in total. The van der Waals surface area contributed by atoms with Crippen LogP contribution >= 0.6 is 0 Å². The van der Waals surface area contributed by atoms with E-state index in [9.17, 15) is 4.79 Å². The molecule has 0 saturated carbocycles. The van der Waals surface area contributed by atoms with Crippen LogP contribution in [0.1, 0.15) is 24.2 Å². The number of para-hydroxylation sites is 2. The van der Waals surface area contributed by atoms with Crippen LogP contribution in [0.25, 0.3) is 11.0 Å². The molecule has 2 aliphatic rings. The lowest BCUT2D eigenvalue weighted by Gasteiger charge is -2.36. The van der Waals surface area contributed by atoms with E-state index in [0.717, 1.165) is 87.8 Å². The van der Waals surface area contributed by atoms with Crippen LogP contribution in [0, 0.1) is 5.92 Å². The van der Waals surface area contributed by atoms with Crippen molar-refractivity contribution in [1.82, 2.24) is 24.7 Å². The van der Waals surface area contributed by atoms with Gasteiger partial charge in [-0.1, -0.05) is 24.3 Å². The molecule has 1 N–H and O–H groups in total. The first-order chi connectivity index (χ1) is 16.2. The van der Waals surface area contributed by atoms with E-state index < -0.39 is 0 Å². The van der Waals surface area contributed by atoms with Crippen LogP contribution in [-0.2, 0) is 17.9 Å². The number of ether oxygens (including phenoxy) is 1. The minimum absolute atomic E-state index is 0.0938. The first-order valence-corrected chi connectivity index (χ1v) is 12.0. The van der Waals surface area contributed by atoms with Gasteiger partial charge >= 0.3 is 0 Å². The number of aromatic nitrogens is 2. The van der Waals surface area contributed by atoms with Crippen molar-refractivity contribution in [3.63, 3.8) is 0 Å². The molecule has 0 bridgehead atoms. The Hall–Kier alpha value is -2.90. The summed E-state index contributed by atoms with van der Waals surface area (Å²) in [6, 6.07) is 16.6. The predicted molar refractivity (Wildman–Crippen MR) is 129 cm³/mol. The molecule has 1 atom stereocenters. The predicted octanol–water partition coefficient (Wildman–Crippen LogP) is 2.74. The van der Waals surface area contributed by atoms with Gasteiger partial charge in [0.15, 0.2) is 0 Å². The highest BCUT2D eigenvalue weighted by atomic mass is 16.5. The van der Waals surface area contributed by atoms with Crippen LogP contribution < -0.4 is 10.1 Å². The van der Waals surface area contributed by atoms with Crippen molar-refractivity contribution >= 4 is 16.9 Å². The number of amides is 1. The van der Waals surface area contributed by atoms with E-state index in [-0.39, 0.29) is 5.92 Å². The van der Waals surface area contributed by atoms with Gasteiger partial charge in [0, 0.05) is 39.3 Å². The van der Waals surface area contributed by atoms with Crippen molar-refractivity contribution < 1.29 is 9.53 Å². The van der Waals surface area contributed by atoms with Crippen LogP contribution in [-0.4, -0.2) is 71.6 Å². The average molecular weight is 448 g/mol. The molecule has 1 aromatic heterocycles. The van der Waals surface area contributed by atoms with Gasteiger partial charge in [-0.05, 0) is 49.2 Å². The van der Waals surface area contributed by atoms with Gasteiger partial charge in [-0.25, -0.2) is 4.98 Å². The van der Waals surface area contributed by atoms with Gasteiger partial charge in [0.1, 0.15) is 11.6 Å². The van der Waals surface area contributed by atoms with Crippen molar-refractivity contribution in [3.8, 4) is 5.75 Å². The molecular formula is C26H33N5O2. The number of hydrogen-bond donors (Lipinski definition) is 1. The van der Waals surface area contributed by atoms with Crippen molar-refractivity contribution in [3.05, 3.63) is 59.9 Å². The number of benzene rings is 2. The van der Waals surface area contributed by atoms with Crippen LogP contribution in [0.3, 0.4) is 0 Å². The van der Waals surface area contributed by atoms with Crippen LogP contribution in [0.15, 0.2) is 48.5 Å². The number of nitrogens with one attached hydrogen (secondary N) is 1. The second kappa shape index (κ2) is 9.93. The molecule has 7 heteroatoms. The smallest absolute Gasteiger partial charge is 0.227 e. The standard InChI is InChI=1S/C26H33N5O2/c1-33-22-10-8-20(9-11-22)17-31-24-7-3-2-6-23(24)28-25(31)19-29-14-4-5-21(18-29)26(32)30-15-12-27-13-16-30/h2-3,6-11,21,27H,4-5,12-19H2,1H3/t21-/m0/s1. The lowest BCUT2D eigenvalue weighted by atomic mass is 9.96. The summed E-state index contributed by atoms with van der Waals surface area (Å²) in [6.45, 7) is 6.80. The topological polar surface area (TPSA) is 62.6 Å². The van der Waals surface area contributed by atoms with E-state index in [4.69, 9.17) is 9.72 Å². The summed E-state index contributed by atoms with van der Waals surface area (Å²) in [6.07, 6.45) is 2.04. The summed E-state index contributed by atoms with van der Waals surface area (Å²) in [5.74, 6) is 2.34. The third-order valence-corrected chi connectivity index (χ3v) is 6.88. The fourth-order valence-corrected chi connectivity index (χ4v) is 5.08. The first kappa shape index (κ1) is 21.9. The van der Waals surface area contributed by atoms with Crippen molar-refractivity contribution in [2.24, 2.45) is 5.92 Å². The number of likely N-dealkylation sites (tertiary alicyclic amines) is 1. The molecule has 5 rings (SSSR count). The third kappa shape index (κ3) is 4.89. The molecule has 3 heterocycles. The maximum atomic E-state index is 13.1. The Kier molecular flexibility index (Phi) is 6.60. The number of piperazine rings is 1. The Bertz CT molecular complexity index is 1090. The largest absolute Gasteiger partial charge is 0.497 e. The molecule has 2 fully saturated rings. The van der Waals surface area contributed by atoms with Gasteiger partial charge in [0.05, 0.1) is 30.6 Å². The van der Waals surface area contributed by atoms with Crippen LogP contribution in [0.4, 0.5) is 0 Å². The Balaban J connectivity index is 1.34. The Morgan fingerprint density at radius 2 is 1.85 bits per heavy atom. The minimum Gasteiger partial charge on any atom is -0.497 e. The monoisotopic (exact) mass is 447 g/mol. The highest BCUT2D eigenvalue weighted by Gasteiger charge is 2.30. The highest BCUT2D eigenvalue weighted by molar-refractivity contribution is 5.79. The maximum Gasteiger partial charge on any atom is 0.227 e. The number of piperidine rings is 1. The zero-order valence-electron chi connectivity index (χ0n) is 19.4. The van der Waals surface area contributed by atoms with E-state index in [2.05, 4.69) is 45.1 Å². The molecule has 2 saturated heterocycles. The van der Waals surface area contributed by atoms with E-state index in [1.54, 1.807) is 7.11 Å². The summed E-state index contributed by atoms with van der Waals surface area (Å²) < 4.78 is 7.63. The zero-order chi connectivity index (χ0) is 22.6. The third-order valence-electron chi connectivity index (χ3n) is 6.88. The fourth-order valence-electron chi connectivity index (χ4n) is 5.08. The van der Waals surface area contributed by atoms with Crippen molar-refractivity contribution in [2.75, 3.05) is 46.4 Å². The molecule has 2 aromatic carbocycles. The summed E-state index contributed by atoms with van der Waals surface area (Å²) >= 11 is 0. The molecule has 2 aliphatic heterocycles. The zero-order valence-corrected chi connectivity index (χ0v) is 19.4. The number of carbonyl (C=O) groups is 1. The van der Waals surface area contributed by atoms with Gasteiger partial charge in [0.2, 0.25) is 5.91 Å². The average Bonchev–Trinajstić information content (AvgIpc) is 3.21.